The number of fused-ring (bicyclic) bond motifs is 1. The van der Waals surface area contributed by atoms with Gasteiger partial charge in [0.15, 0.2) is 5.76 Å². The number of nitrogens with one attached hydrogen (secondary N) is 1. The topological polar surface area (TPSA) is 91.8 Å². The first-order chi connectivity index (χ1) is 15.5. The van der Waals surface area contributed by atoms with Gasteiger partial charge in [0.05, 0.1) is 23.7 Å². The van der Waals surface area contributed by atoms with Gasteiger partial charge in [-0.2, -0.15) is 0 Å². The lowest BCUT2D eigenvalue weighted by atomic mass is 10.00. The molecule has 166 valence electrons. The van der Waals surface area contributed by atoms with Crippen molar-refractivity contribution < 1.29 is 14.0 Å². The predicted molar refractivity (Wildman–Crippen MR) is 127 cm³/mol. The fourth-order valence-corrected chi connectivity index (χ4v) is 4.15. The van der Waals surface area contributed by atoms with Gasteiger partial charge in [0.1, 0.15) is 0 Å². The molecule has 3 N–H and O–H groups in total. The average molecular weight is 433 g/mol. The molecule has 0 unspecified atom stereocenters. The van der Waals surface area contributed by atoms with E-state index in [1.54, 1.807) is 28.9 Å². The van der Waals surface area contributed by atoms with Crippen LogP contribution in [0.15, 0.2) is 65.3 Å². The van der Waals surface area contributed by atoms with Crippen LogP contribution in [-0.4, -0.2) is 37.5 Å². The van der Waals surface area contributed by atoms with Crippen molar-refractivity contribution >= 4 is 28.9 Å². The number of hydrogen-bond acceptors (Lipinski definition) is 5. The number of nitrogens with two attached hydrogens (primary N) is 1. The monoisotopic (exact) mass is 432 g/mol. The van der Waals surface area contributed by atoms with Gasteiger partial charge in [0.2, 0.25) is 5.91 Å². The summed E-state index contributed by atoms with van der Waals surface area (Å²) in [7, 11) is 0. The Kier molecular flexibility index (Phi) is 6.28. The second kappa shape index (κ2) is 9.28. The van der Waals surface area contributed by atoms with E-state index in [-0.39, 0.29) is 23.6 Å². The van der Waals surface area contributed by atoms with E-state index in [9.17, 15) is 9.59 Å². The highest BCUT2D eigenvalue weighted by Gasteiger charge is 2.34. The number of rotatable bonds is 6. The molecule has 0 radical (unpaired) electrons. The second-order valence-electron chi connectivity index (χ2n) is 7.98. The van der Waals surface area contributed by atoms with E-state index >= 15 is 0 Å². The number of amides is 2. The standard InChI is InChI=1S/C25H28N4O3/c1-17-16-28(25(31)24-8-4-13-32-24)23-15-20(9-10-22(23)29(17)18(2)30)19-6-3-7-21(14-19)27-12-5-11-26/h3-4,6-10,13-15,17,27H,5,11-12,16,26H2,1-2H3/t17-/m0/s1. The van der Waals surface area contributed by atoms with Gasteiger partial charge in [-0.1, -0.05) is 18.2 Å². The van der Waals surface area contributed by atoms with E-state index in [1.165, 1.54) is 6.26 Å². The Morgan fingerprint density at radius 3 is 2.62 bits per heavy atom. The molecule has 1 aromatic heterocycles. The van der Waals surface area contributed by atoms with Crippen LogP contribution < -0.4 is 20.9 Å². The van der Waals surface area contributed by atoms with Gasteiger partial charge in [-0.05, 0) is 67.4 Å². The van der Waals surface area contributed by atoms with Gasteiger partial charge in [0.25, 0.3) is 5.91 Å². The highest BCUT2D eigenvalue weighted by atomic mass is 16.3. The summed E-state index contributed by atoms with van der Waals surface area (Å²) < 4.78 is 5.36. The smallest absolute Gasteiger partial charge is 0.294 e. The molecular formula is C25H28N4O3. The number of anilines is 3. The first kappa shape index (κ1) is 21.6. The van der Waals surface area contributed by atoms with Crippen molar-refractivity contribution in [2.45, 2.75) is 26.3 Å². The van der Waals surface area contributed by atoms with Crippen LogP contribution in [0.1, 0.15) is 30.8 Å². The fourth-order valence-electron chi connectivity index (χ4n) is 4.15. The van der Waals surface area contributed by atoms with Gasteiger partial charge in [-0.3, -0.25) is 9.59 Å². The number of hydrogen-bond donors (Lipinski definition) is 2. The Morgan fingerprint density at radius 2 is 1.91 bits per heavy atom. The maximum atomic E-state index is 13.2. The molecule has 2 heterocycles. The van der Waals surface area contributed by atoms with Crippen LogP contribution in [0.2, 0.25) is 0 Å². The van der Waals surface area contributed by atoms with Crippen LogP contribution in [0, 0.1) is 0 Å². The van der Waals surface area contributed by atoms with Crippen molar-refractivity contribution in [3.05, 3.63) is 66.6 Å². The molecule has 0 saturated heterocycles. The summed E-state index contributed by atoms with van der Waals surface area (Å²) in [6.45, 7) is 5.32. The molecule has 0 aliphatic carbocycles. The number of furan rings is 1. The maximum Gasteiger partial charge on any atom is 0.294 e. The Hall–Kier alpha value is -3.58. The van der Waals surface area contributed by atoms with Crippen LogP contribution in [0.25, 0.3) is 11.1 Å². The summed E-state index contributed by atoms with van der Waals surface area (Å²) in [4.78, 5) is 29.0. The molecule has 1 aliphatic rings. The van der Waals surface area contributed by atoms with Crippen LogP contribution in [0.3, 0.4) is 0 Å². The van der Waals surface area contributed by atoms with E-state index in [4.69, 9.17) is 10.2 Å². The van der Waals surface area contributed by atoms with Gasteiger partial charge in [-0.15, -0.1) is 0 Å². The largest absolute Gasteiger partial charge is 0.459 e. The highest BCUT2D eigenvalue weighted by Crippen LogP contribution is 2.39. The molecule has 7 heteroatoms. The lowest BCUT2D eigenvalue weighted by molar-refractivity contribution is -0.117. The first-order valence-corrected chi connectivity index (χ1v) is 10.8. The van der Waals surface area contributed by atoms with E-state index in [0.29, 0.717) is 18.8 Å². The molecule has 0 bridgehead atoms. The van der Waals surface area contributed by atoms with E-state index in [0.717, 1.165) is 35.5 Å². The number of carbonyl (C=O) groups excluding carboxylic acids is 2. The molecule has 0 fully saturated rings. The average Bonchev–Trinajstić information content (AvgIpc) is 3.33. The summed E-state index contributed by atoms with van der Waals surface area (Å²) in [5.41, 5.74) is 9.99. The molecule has 0 saturated carbocycles. The molecule has 32 heavy (non-hydrogen) atoms. The van der Waals surface area contributed by atoms with Gasteiger partial charge >= 0.3 is 0 Å². The summed E-state index contributed by atoms with van der Waals surface area (Å²) in [6.07, 6.45) is 2.38. The van der Waals surface area contributed by atoms with Crippen molar-refractivity contribution in [3.63, 3.8) is 0 Å². The summed E-state index contributed by atoms with van der Waals surface area (Å²) >= 11 is 0. The molecule has 2 amide bonds. The normalized spacial score (nSPS) is 15.4. The zero-order valence-electron chi connectivity index (χ0n) is 18.4. The lowest BCUT2D eigenvalue weighted by Gasteiger charge is -2.40. The second-order valence-corrected chi connectivity index (χ2v) is 7.98. The minimum atomic E-state index is -0.222. The number of nitrogens with zero attached hydrogens (tertiary/aromatic N) is 2. The van der Waals surface area contributed by atoms with Gasteiger partial charge < -0.3 is 25.3 Å². The molecule has 3 aromatic rings. The predicted octanol–water partition coefficient (Wildman–Crippen LogP) is 4.11. The minimum absolute atomic E-state index is 0.0531. The van der Waals surface area contributed by atoms with Gasteiger partial charge in [-0.25, -0.2) is 0 Å². The number of benzene rings is 2. The third kappa shape index (κ3) is 4.24. The summed E-state index contributed by atoms with van der Waals surface area (Å²) in [5, 5.41) is 3.38. The third-order valence-electron chi connectivity index (χ3n) is 5.64. The molecule has 7 nitrogen and oxygen atoms in total. The zero-order chi connectivity index (χ0) is 22.7. The Balaban J connectivity index is 1.74. The van der Waals surface area contributed by atoms with Gasteiger partial charge in [0, 0.05) is 25.7 Å². The van der Waals surface area contributed by atoms with Crippen molar-refractivity contribution in [2.75, 3.05) is 34.8 Å². The highest BCUT2D eigenvalue weighted by molar-refractivity contribution is 6.10. The lowest BCUT2D eigenvalue weighted by Crippen LogP contribution is -2.51. The SMILES string of the molecule is CC(=O)N1c2ccc(-c3cccc(NCCCN)c3)cc2N(C(=O)c2ccco2)C[C@@H]1C. The van der Waals surface area contributed by atoms with Crippen LogP contribution in [0.5, 0.6) is 0 Å². The van der Waals surface area contributed by atoms with E-state index in [2.05, 4.69) is 11.4 Å². The summed E-state index contributed by atoms with van der Waals surface area (Å²) in [6, 6.07) is 17.2. The Labute approximate surface area is 187 Å². The minimum Gasteiger partial charge on any atom is -0.459 e. The molecule has 4 rings (SSSR count). The van der Waals surface area contributed by atoms with Crippen LogP contribution in [0.4, 0.5) is 17.1 Å². The molecule has 1 atom stereocenters. The van der Waals surface area contributed by atoms with E-state index < -0.39 is 0 Å². The molecule has 0 spiro atoms. The van der Waals surface area contributed by atoms with Crippen molar-refractivity contribution in [1.82, 2.24) is 0 Å². The quantitative estimate of drug-likeness (QED) is 0.572. The zero-order valence-corrected chi connectivity index (χ0v) is 18.4. The molecule has 2 aromatic carbocycles. The first-order valence-electron chi connectivity index (χ1n) is 10.8. The van der Waals surface area contributed by atoms with Crippen molar-refractivity contribution in [3.8, 4) is 11.1 Å². The van der Waals surface area contributed by atoms with Crippen molar-refractivity contribution in [2.24, 2.45) is 5.73 Å². The van der Waals surface area contributed by atoms with Crippen molar-refractivity contribution in [1.29, 1.82) is 0 Å². The molecule has 1 aliphatic heterocycles. The third-order valence-corrected chi connectivity index (χ3v) is 5.64. The molecular weight excluding hydrogens is 404 g/mol. The van der Waals surface area contributed by atoms with Crippen LogP contribution >= 0.6 is 0 Å². The Bertz CT molecular complexity index is 1110. The van der Waals surface area contributed by atoms with Crippen LogP contribution in [-0.2, 0) is 4.79 Å². The van der Waals surface area contributed by atoms with E-state index in [1.807, 2.05) is 43.3 Å². The maximum absolute atomic E-state index is 13.2. The summed E-state index contributed by atoms with van der Waals surface area (Å²) in [5.74, 6) is -0.000665. The fraction of sp³-hybridized carbons (Fsp3) is 0.280. The Morgan fingerprint density at radius 1 is 1.09 bits per heavy atom. The number of carbonyl (C=O) groups is 2.